The molecule has 0 aliphatic heterocycles. The van der Waals surface area contributed by atoms with Crippen molar-refractivity contribution in [2.24, 2.45) is 0 Å². The lowest BCUT2D eigenvalue weighted by molar-refractivity contribution is -0.116. The quantitative estimate of drug-likeness (QED) is 0.807. The van der Waals surface area contributed by atoms with Crippen LogP contribution in [0.25, 0.3) is 0 Å². The van der Waals surface area contributed by atoms with Crippen LogP contribution in [0.1, 0.15) is 32.3 Å². The molecule has 0 bridgehead atoms. The van der Waals surface area contributed by atoms with Crippen molar-refractivity contribution in [3.8, 4) is 0 Å². The van der Waals surface area contributed by atoms with Crippen LogP contribution in [0.4, 0.5) is 0 Å². The van der Waals surface area contributed by atoms with E-state index < -0.39 is 0 Å². The summed E-state index contributed by atoms with van der Waals surface area (Å²) in [5.41, 5.74) is -0.0797. The summed E-state index contributed by atoms with van der Waals surface area (Å²) in [6.45, 7) is 8.86. The van der Waals surface area contributed by atoms with Gasteiger partial charge in [-0.05, 0) is 26.0 Å². The number of carbonyl (C=O) groups is 1. The molecule has 1 aromatic heterocycles. The molecule has 1 rings (SSSR count). The second kappa shape index (κ2) is 4.62. The fourth-order valence-electron chi connectivity index (χ4n) is 1.44. The molecule has 0 saturated heterocycles. The van der Waals surface area contributed by atoms with Crippen LogP contribution in [0.15, 0.2) is 16.5 Å². The maximum Gasteiger partial charge on any atom is 0.143 e. The van der Waals surface area contributed by atoms with Crippen molar-refractivity contribution >= 4 is 5.78 Å². The molecule has 1 heterocycles. The normalized spacial score (nSPS) is 11.7. The van der Waals surface area contributed by atoms with Crippen LogP contribution in [-0.4, -0.2) is 18.9 Å². The maximum absolute atomic E-state index is 10.8. The van der Waals surface area contributed by atoms with E-state index in [1.54, 1.807) is 6.92 Å². The summed E-state index contributed by atoms with van der Waals surface area (Å²) in [6, 6.07) is 3.95. The molecule has 0 aliphatic carbocycles. The lowest BCUT2D eigenvalue weighted by Gasteiger charge is -2.22. The summed E-state index contributed by atoms with van der Waals surface area (Å²) >= 11 is 0. The molecular weight excluding hydrogens is 190 g/mol. The Morgan fingerprint density at radius 3 is 2.60 bits per heavy atom. The molecule has 3 nitrogen and oxygen atoms in total. The smallest absolute Gasteiger partial charge is 0.143 e. The third-order valence-corrected chi connectivity index (χ3v) is 2.35. The molecule has 15 heavy (non-hydrogen) atoms. The standard InChI is InChI=1S/C12H19NO2/c1-9(14)7-13-8-12(3,4)11-6-5-10(2)15-11/h5-6,13H,7-8H2,1-4H3. The van der Waals surface area contributed by atoms with E-state index in [0.717, 1.165) is 18.1 Å². The Kier molecular flexibility index (Phi) is 3.69. The highest BCUT2D eigenvalue weighted by atomic mass is 16.3. The lowest BCUT2D eigenvalue weighted by Crippen LogP contribution is -2.35. The topological polar surface area (TPSA) is 42.2 Å². The van der Waals surface area contributed by atoms with Gasteiger partial charge in [0.15, 0.2) is 0 Å². The average Bonchev–Trinajstić information content (AvgIpc) is 2.51. The van der Waals surface area contributed by atoms with Crippen molar-refractivity contribution in [2.75, 3.05) is 13.1 Å². The predicted molar refractivity (Wildman–Crippen MR) is 60.0 cm³/mol. The van der Waals surface area contributed by atoms with Crippen molar-refractivity contribution < 1.29 is 9.21 Å². The molecule has 1 aromatic rings. The Morgan fingerprint density at radius 1 is 1.47 bits per heavy atom. The van der Waals surface area contributed by atoms with Crippen molar-refractivity contribution in [3.63, 3.8) is 0 Å². The molecule has 0 atom stereocenters. The minimum absolute atomic E-state index is 0.0797. The summed E-state index contributed by atoms with van der Waals surface area (Å²) in [4.78, 5) is 10.8. The maximum atomic E-state index is 10.8. The van der Waals surface area contributed by atoms with Gasteiger partial charge in [0, 0.05) is 12.0 Å². The van der Waals surface area contributed by atoms with Gasteiger partial charge in [0.1, 0.15) is 17.3 Å². The van der Waals surface area contributed by atoms with Crippen LogP contribution in [0, 0.1) is 6.92 Å². The molecule has 84 valence electrons. The SMILES string of the molecule is CC(=O)CNCC(C)(C)c1ccc(C)o1. The van der Waals surface area contributed by atoms with Gasteiger partial charge in [-0.3, -0.25) is 4.79 Å². The number of rotatable bonds is 5. The summed E-state index contributed by atoms with van der Waals surface area (Å²) in [6.07, 6.45) is 0. The summed E-state index contributed by atoms with van der Waals surface area (Å²) < 4.78 is 5.58. The van der Waals surface area contributed by atoms with E-state index in [-0.39, 0.29) is 11.2 Å². The van der Waals surface area contributed by atoms with E-state index in [1.807, 2.05) is 19.1 Å². The van der Waals surface area contributed by atoms with Crippen LogP contribution in [0.2, 0.25) is 0 Å². The van der Waals surface area contributed by atoms with Crippen LogP contribution in [0.3, 0.4) is 0 Å². The van der Waals surface area contributed by atoms with Gasteiger partial charge < -0.3 is 9.73 Å². The minimum Gasteiger partial charge on any atom is -0.466 e. The Balaban J connectivity index is 2.55. The summed E-state index contributed by atoms with van der Waals surface area (Å²) in [5.74, 6) is 2.03. The highest BCUT2D eigenvalue weighted by molar-refractivity contribution is 5.77. The fourth-order valence-corrected chi connectivity index (χ4v) is 1.44. The monoisotopic (exact) mass is 209 g/mol. The number of carbonyl (C=O) groups excluding carboxylic acids is 1. The Morgan fingerprint density at radius 2 is 2.13 bits per heavy atom. The van der Waals surface area contributed by atoms with Crippen LogP contribution in [0.5, 0.6) is 0 Å². The van der Waals surface area contributed by atoms with Crippen molar-refractivity contribution in [3.05, 3.63) is 23.7 Å². The van der Waals surface area contributed by atoms with E-state index >= 15 is 0 Å². The largest absolute Gasteiger partial charge is 0.466 e. The summed E-state index contributed by atoms with van der Waals surface area (Å²) in [7, 11) is 0. The molecule has 0 aromatic carbocycles. The summed E-state index contributed by atoms with van der Waals surface area (Å²) in [5, 5.41) is 3.12. The number of nitrogens with one attached hydrogen (secondary N) is 1. The first-order valence-corrected chi connectivity index (χ1v) is 5.19. The number of furan rings is 1. The van der Waals surface area contributed by atoms with E-state index in [9.17, 15) is 4.79 Å². The van der Waals surface area contributed by atoms with Crippen molar-refractivity contribution in [1.29, 1.82) is 0 Å². The van der Waals surface area contributed by atoms with Gasteiger partial charge in [0.2, 0.25) is 0 Å². The van der Waals surface area contributed by atoms with Gasteiger partial charge in [0.25, 0.3) is 0 Å². The molecule has 0 amide bonds. The zero-order valence-corrected chi connectivity index (χ0v) is 9.89. The zero-order chi connectivity index (χ0) is 11.5. The van der Waals surface area contributed by atoms with E-state index in [2.05, 4.69) is 19.2 Å². The number of hydrogen-bond donors (Lipinski definition) is 1. The predicted octanol–water partition coefficient (Wildman–Crippen LogP) is 2.04. The van der Waals surface area contributed by atoms with E-state index in [4.69, 9.17) is 4.42 Å². The Labute approximate surface area is 90.9 Å². The van der Waals surface area contributed by atoms with Gasteiger partial charge in [-0.25, -0.2) is 0 Å². The van der Waals surface area contributed by atoms with E-state index in [1.165, 1.54) is 0 Å². The fraction of sp³-hybridized carbons (Fsp3) is 0.583. The Bertz CT molecular complexity index is 339. The molecule has 0 radical (unpaired) electrons. The zero-order valence-electron chi connectivity index (χ0n) is 9.89. The van der Waals surface area contributed by atoms with Crippen LogP contribution in [-0.2, 0) is 10.2 Å². The molecule has 0 spiro atoms. The second-order valence-electron chi connectivity index (χ2n) is 4.60. The molecular formula is C12H19NO2. The van der Waals surface area contributed by atoms with Gasteiger partial charge in [-0.1, -0.05) is 13.8 Å². The van der Waals surface area contributed by atoms with Crippen LogP contribution >= 0.6 is 0 Å². The third-order valence-electron chi connectivity index (χ3n) is 2.35. The first-order valence-electron chi connectivity index (χ1n) is 5.19. The molecule has 0 fully saturated rings. The van der Waals surface area contributed by atoms with Gasteiger partial charge in [-0.2, -0.15) is 0 Å². The lowest BCUT2D eigenvalue weighted by atomic mass is 9.90. The average molecular weight is 209 g/mol. The molecule has 0 saturated carbocycles. The first-order chi connectivity index (χ1) is 6.92. The highest BCUT2D eigenvalue weighted by Gasteiger charge is 2.23. The van der Waals surface area contributed by atoms with Crippen LogP contribution < -0.4 is 5.32 Å². The third kappa shape index (κ3) is 3.51. The molecule has 3 heteroatoms. The number of aryl methyl sites for hydroxylation is 1. The minimum atomic E-state index is -0.0797. The highest BCUT2D eigenvalue weighted by Crippen LogP contribution is 2.24. The molecule has 0 aliphatic rings. The number of ketones is 1. The second-order valence-corrected chi connectivity index (χ2v) is 4.60. The van der Waals surface area contributed by atoms with Gasteiger partial charge in [-0.15, -0.1) is 0 Å². The van der Waals surface area contributed by atoms with Gasteiger partial charge >= 0.3 is 0 Å². The molecule has 0 unspecified atom stereocenters. The van der Waals surface area contributed by atoms with E-state index in [0.29, 0.717) is 6.54 Å². The molecule has 1 N–H and O–H groups in total. The van der Waals surface area contributed by atoms with Gasteiger partial charge in [0.05, 0.1) is 6.54 Å². The number of Topliss-reactive ketones (excluding diaryl/α,β-unsaturated/α-hetero) is 1. The number of hydrogen-bond acceptors (Lipinski definition) is 3. The first kappa shape index (κ1) is 12.0. The van der Waals surface area contributed by atoms with Crippen molar-refractivity contribution in [2.45, 2.75) is 33.1 Å². The van der Waals surface area contributed by atoms with Crippen molar-refractivity contribution in [1.82, 2.24) is 5.32 Å². The Hall–Kier alpha value is -1.09.